The van der Waals surface area contributed by atoms with Gasteiger partial charge in [-0.15, -0.1) is 0 Å². The molecule has 0 radical (unpaired) electrons. The van der Waals surface area contributed by atoms with E-state index in [1.54, 1.807) is 0 Å². The van der Waals surface area contributed by atoms with Crippen LogP contribution in [0.3, 0.4) is 0 Å². The summed E-state index contributed by atoms with van der Waals surface area (Å²) < 4.78 is 11.0. The lowest BCUT2D eigenvalue weighted by atomic mass is 9.81. The van der Waals surface area contributed by atoms with E-state index >= 15 is 0 Å². The van der Waals surface area contributed by atoms with Crippen molar-refractivity contribution >= 4 is 29.8 Å². The van der Waals surface area contributed by atoms with Gasteiger partial charge in [-0.05, 0) is 68.4 Å². The molecule has 0 aromatic heterocycles. The highest BCUT2D eigenvalue weighted by Gasteiger charge is 2.54. The molecule has 13 heteroatoms. The summed E-state index contributed by atoms with van der Waals surface area (Å²) in [7, 11) is 0. The molecule has 3 heterocycles. The summed E-state index contributed by atoms with van der Waals surface area (Å²) in [5, 5.41) is 3.49. The number of carbonyl (C=O) groups excluding carboxylic acids is 5. The van der Waals surface area contributed by atoms with Crippen molar-refractivity contribution in [1.82, 2.24) is 26.1 Å². The fraction of sp³-hybridized carbons (Fsp3) is 0.541. The lowest BCUT2D eigenvalue weighted by Crippen LogP contribution is -2.57. The minimum absolute atomic E-state index is 0.0261. The van der Waals surface area contributed by atoms with Gasteiger partial charge in [0.25, 0.3) is 5.91 Å². The van der Waals surface area contributed by atoms with Gasteiger partial charge in [-0.25, -0.2) is 19.9 Å². The SMILES string of the molecule is CC(C)C[C@@H](C(=O)NN1C(=O)NC2(CCN(C(=O)OCc3ccccc3)CC2)C1=O)[C@H](CCCc1ccccc1)C(=O)NOC1CCCCO1. The zero-order chi connectivity index (χ0) is 35.5. The molecule has 3 saturated heterocycles. The van der Waals surface area contributed by atoms with Gasteiger partial charge in [0.15, 0.2) is 6.29 Å². The van der Waals surface area contributed by atoms with E-state index in [0.717, 1.165) is 29.0 Å². The number of nitrogens with zero attached hydrogens (tertiary/aromatic N) is 2. The Hall–Kier alpha value is -4.49. The highest BCUT2D eigenvalue weighted by molar-refractivity contribution is 6.08. The molecule has 270 valence electrons. The van der Waals surface area contributed by atoms with E-state index in [1.165, 1.54) is 4.90 Å². The summed E-state index contributed by atoms with van der Waals surface area (Å²) in [5.74, 6) is -3.29. The first-order chi connectivity index (χ1) is 24.1. The molecule has 3 fully saturated rings. The van der Waals surface area contributed by atoms with Crippen LogP contribution in [0.1, 0.15) is 76.3 Å². The average Bonchev–Trinajstić information content (AvgIpc) is 3.35. The van der Waals surface area contributed by atoms with Crippen molar-refractivity contribution in [2.45, 2.75) is 90.1 Å². The number of amides is 6. The second-order valence-corrected chi connectivity index (χ2v) is 13.8. The van der Waals surface area contributed by atoms with Crippen LogP contribution in [0.25, 0.3) is 0 Å². The van der Waals surface area contributed by atoms with Crippen molar-refractivity contribution in [3.63, 3.8) is 0 Å². The van der Waals surface area contributed by atoms with E-state index in [1.807, 2.05) is 74.5 Å². The number of rotatable bonds is 14. The first-order valence-electron chi connectivity index (χ1n) is 17.7. The number of ether oxygens (including phenoxy) is 2. The molecule has 50 heavy (non-hydrogen) atoms. The van der Waals surface area contributed by atoms with E-state index in [-0.39, 0.29) is 38.5 Å². The molecule has 0 aliphatic carbocycles. The maximum atomic E-state index is 14.0. The Morgan fingerprint density at radius 1 is 0.940 bits per heavy atom. The third kappa shape index (κ3) is 9.60. The first kappa shape index (κ1) is 36.8. The summed E-state index contributed by atoms with van der Waals surface area (Å²) >= 11 is 0. The van der Waals surface area contributed by atoms with E-state index in [9.17, 15) is 24.0 Å². The number of imide groups is 1. The summed E-state index contributed by atoms with van der Waals surface area (Å²) in [5.41, 5.74) is 5.81. The molecule has 5 rings (SSSR count). The largest absolute Gasteiger partial charge is 0.445 e. The van der Waals surface area contributed by atoms with Crippen LogP contribution in [0.2, 0.25) is 0 Å². The zero-order valence-electron chi connectivity index (χ0n) is 28.9. The minimum Gasteiger partial charge on any atom is -0.445 e. The quantitative estimate of drug-likeness (QED) is 0.192. The topological polar surface area (TPSA) is 156 Å². The smallest absolute Gasteiger partial charge is 0.410 e. The van der Waals surface area contributed by atoms with Crippen LogP contribution < -0.4 is 16.2 Å². The summed E-state index contributed by atoms with van der Waals surface area (Å²) in [6, 6.07) is 18.5. The van der Waals surface area contributed by atoms with Gasteiger partial charge in [-0.2, -0.15) is 5.01 Å². The normalized spacial score (nSPS) is 19.9. The van der Waals surface area contributed by atoms with Crippen LogP contribution in [0.4, 0.5) is 9.59 Å². The molecule has 1 unspecified atom stereocenters. The second kappa shape index (κ2) is 17.4. The molecule has 3 aliphatic heterocycles. The van der Waals surface area contributed by atoms with E-state index in [0.29, 0.717) is 38.7 Å². The molecule has 3 N–H and O–H groups in total. The molecule has 0 saturated carbocycles. The van der Waals surface area contributed by atoms with Gasteiger partial charge in [-0.1, -0.05) is 74.5 Å². The van der Waals surface area contributed by atoms with Crippen molar-refractivity contribution < 1.29 is 38.3 Å². The number of carbonyl (C=O) groups is 5. The van der Waals surface area contributed by atoms with Crippen molar-refractivity contribution in [2.75, 3.05) is 19.7 Å². The van der Waals surface area contributed by atoms with Crippen LogP contribution in [0, 0.1) is 17.8 Å². The van der Waals surface area contributed by atoms with Gasteiger partial charge in [0.05, 0.1) is 11.8 Å². The molecule has 1 spiro atoms. The van der Waals surface area contributed by atoms with Crippen molar-refractivity contribution in [2.24, 2.45) is 17.8 Å². The number of hydrogen-bond donors (Lipinski definition) is 3. The summed E-state index contributed by atoms with van der Waals surface area (Å²) in [4.78, 5) is 74.5. The number of hydrazine groups is 1. The van der Waals surface area contributed by atoms with Gasteiger partial charge in [-0.3, -0.25) is 19.8 Å². The van der Waals surface area contributed by atoms with E-state index in [4.69, 9.17) is 14.3 Å². The van der Waals surface area contributed by atoms with Gasteiger partial charge in [0.1, 0.15) is 12.1 Å². The predicted molar refractivity (Wildman–Crippen MR) is 182 cm³/mol. The van der Waals surface area contributed by atoms with Crippen LogP contribution in [0.15, 0.2) is 60.7 Å². The fourth-order valence-electron chi connectivity index (χ4n) is 6.79. The molecule has 3 aliphatic rings. The fourth-order valence-corrected chi connectivity index (χ4v) is 6.79. The number of hydrogen-bond acceptors (Lipinski definition) is 8. The van der Waals surface area contributed by atoms with Crippen molar-refractivity contribution in [1.29, 1.82) is 0 Å². The van der Waals surface area contributed by atoms with Crippen LogP contribution in [0.5, 0.6) is 0 Å². The van der Waals surface area contributed by atoms with Crippen molar-refractivity contribution in [3.05, 3.63) is 71.8 Å². The number of urea groups is 1. The number of benzene rings is 2. The van der Waals surface area contributed by atoms with Gasteiger partial charge >= 0.3 is 12.1 Å². The predicted octanol–water partition coefficient (Wildman–Crippen LogP) is 4.62. The average molecular weight is 692 g/mol. The highest BCUT2D eigenvalue weighted by Crippen LogP contribution is 2.31. The first-order valence-corrected chi connectivity index (χ1v) is 17.7. The molecule has 6 amide bonds. The van der Waals surface area contributed by atoms with Crippen LogP contribution in [-0.4, -0.2) is 71.3 Å². The molecule has 3 atom stereocenters. The lowest BCUT2D eigenvalue weighted by molar-refractivity contribution is -0.203. The van der Waals surface area contributed by atoms with Crippen molar-refractivity contribution in [3.8, 4) is 0 Å². The van der Waals surface area contributed by atoms with Crippen LogP contribution in [-0.2, 0) is 41.7 Å². The minimum atomic E-state index is -1.27. The van der Waals surface area contributed by atoms with Gasteiger partial charge in [0, 0.05) is 26.1 Å². The molecular weight excluding hydrogens is 642 g/mol. The highest BCUT2D eigenvalue weighted by atomic mass is 16.8. The Morgan fingerprint density at radius 3 is 2.26 bits per heavy atom. The lowest BCUT2D eigenvalue weighted by Gasteiger charge is -2.36. The van der Waals surface area contributed by atoms with Crippen LogP contribution >= 0.6 is 0 Å². The maximum absolute atomic E-state index is 14.0. The van der Waals surface area contributed by atoms with E-state index in [2.05, 4.69) is 16.2 Å². The number of hydroxylamine groups is 1. The summed E-state index contributed by atoms with van der Waals surface area (Å²) in [6.45, 7) is 4.95. The van der Waals surface area contributed by atoms with Gasteiger partial charge < -0.3 is 19.7 Å². The number of likely N-dealkylation sites (tertiary alicyclic amines) is 1. The molecular formula is C37H49N5O8. The van der Waals surface area contributed by atoms with E-state index < -0.39 is 53.5 Å². The van der Waals surface area contributed by atoms with Gasteiger partial charge in [0.2, 0.25) is 11.8 Å². The third-order valence-electron chi connectivity index (χ3n) is 9.60. The number of nitrogens with one attached hydrogen (secondary N) is 3. The molecule has 0 bridgehead atoms. The molecule has 13 nitrogen and oxygen atoms in total. The number of aryl methyl sites for hydroxylation is 1. The molecule has 2 aromatic rings. The number of piperidine rings is 1. The maximum Gasteiger partial charge on any atom is 0.410 e. The monoisotopic (exact) mass is 691 g/mol. The Balaban J connectivity index is 1.23. The molecule has 2 aromatic carbocycles. The Bertz CT molecular complexity index is 1460. The summed E-state index contributed by atoms with van der Waals surface area (Å²) in [6.07, 6.45) is 3.79. The third-order valence-corrected chi connectivity index (χ3v) is 9.60. The Labute approximate surface area is 293 Å². The standard InChI is InChI=1S/C37H49N5O8/c1-26(2)24-30(29(17-11-16-27-12-5-3-6-13-27)33(44)40-50-31-18-9-10-23-48-31)32(43)39-42-34(45)37(38-35(42)46)19-21-41(22-20-37)36(47)49-25-28-14-7-4-8-15-28/h3-8,12-15,26,29-31H,9-11,16-25H2,1-2H3,(H,38,46)(H,39,43)(H,40,44)/t29-,30+,31?/m0/s1. The Morgan fingerprint density at radius 2 is 1.62 bits per heavy atom. The second-order valence-electron chi connectivity index (χ2n) is 13.8. The Kier molecular flexibility index (Phi) is 12.8. The zero-order valence-corrected chi connectivity index (χ0v) is 28.9.